The molecule has 0 aliphatic carbocycles. The van der Waals surface area contributed by atoms with E-state index in [1.165, 1.54) is 0 Å². The molecular weight excluding hydrogens is 213 g/mol. The molecule has 0 saturated heterocycles. The lowest BCUT2D eigenvalue weighted by Crippen LogP contribution is -2.13. The average molecular weight is 229 g/mol. The van der Waals surface area contributed by atoms with Gasteiger partial charge in [0.25, 0.3) is 0 Å². The minimum Gasteiger partial charge on any atom is -0.330 e. The van der Waals surface area contributed by atoms with Gasteiger partial charge in [-0.1, -0.05) is 30.3 Å². The van der Waals surface area contributed by atoms with Crippen molar-refractivity contribution in [2.75, 3.05) is 12.7 Å². The predicted octanol–water partition coefficient (Wildman–Crippen LogP) is 1.30. The summed E-state index contributed by atoms with van der Waals surface area (Å²) in [4.78, 5) is 17.6. The Labute approximate surface area is 89.3 Å². The first-order chi connectivity index (χ1) is 7.03. The van der Waals surface area contributed by atoms with Crippen LogP contribution >= 0.6 is 7.60 Å². The first-order valence-corrected chi connectivity index (χ1v) is 6.62. The Hall–Kier alpha value is -0.670. The SMILES string of the molecule is NCC(CCP(=O)(O)O)c1ccccc1. The minimum atomic E-state index is -3.91. The first kappa shape index (κ1) is 12.4. The fraction of sp³-hybridized carbons (Fsp3) is 0.400. The highest BCUT2D eigenvalue weighted by Crippen LogP contribution is 2.37. The van der Waals surface area contributed by atoms with Gasteiger partial charge in [0.1, 0.15) is 0 Å². The van der Waals surface area contributed by atoms with Crippen molar-refractivity contribution in [3.8, 4) is 0 Å². The second kappa shape index (κ2) is 5.42. The van der Waals surface area contributed by atoms with Crippen LogP contribution in [0.5, 0.6) is 0 Å². The van der Waals surface area contributed by atoms with E-state index in [-0.39, 0.29) is 12.1 Å². The molecule has 0 bridgehead atoms. The summed E-state index contributed by atoms with van der Waals surface area (Å²) in [7, 11) is -3.91. The quantitative estimate of drug-likeness (QED) is 0.664. The van der Waals surface area contributed by atoms with Crippen molar-refractivity contribution >= 4 is 7.60 Å². The van der Waals surface area contributed by atoms with Crippen molar-refractivity contribution in [2.24, 2.45) is 5.73 Å². The van der Waals surface area contributed by atoms with Crippen molar-refractivity contribution in [1.82, 2.24) is 0 Å². The Morgan fingerprint density at radius 3 is 2.33 bits per heavy atom. The van der Waals surface area contributed by atoms with Gasteiger partial charge in [0.15, 0.2) is 0 Å². The van der Waals surface area contributed by atoms with E-state index in [1.54, 1.807) is 0 Å². The number of hydrogen-bond donors (Lipinski definition) is 3. The molecule has 1 rings (SSSR count). The maximum absolute atomic E-state index is 10.7. The van der Waals surface area contributed by atoms with Crippen LogP contribution in [-0.2, 0) is 4.57 Å². The summed E-state index contributed by atoms with van der Waals surface area (Å²) < 4.78 is 10.7. The van der Waals surface area contributed by atoms with Crippen molar-refractivity contribution in [2.45, 2.75) is 12.3 Å². The Kier molecular flexibility index (Phi) is 4.48. The van der Waals surface area contributed by atoms with Crippen LogP contribution in [0.25, 0.3) is 0 Å². The molecule has 1 atom stereocenters. The lowest BCUT2D eigenvalue weighted by atomic mass is 9.97. The van der Waals surface area contributed by atoms with Gasteiger partial charge in [0, 0.05) is 0 Å². The molecule has 4 nitrogen and oxygen atoms in total. The Balaban J connectivity index is 2.62. The zero-order valence-corrected chi connectivity index (χ0v) is 9.31. The van der Waals surface area contributed by atoms with Crippen LogP contribution < -0.4 is 5.73 Å². The molecule has 0 saturated carbocycles. The van der Waals surface area contributed by atoms with E-state index in [4.69, 9.17) is 15.5 Å². The van der Waals surface area contributed by atoms with Crippen LogP contribution in [0.3, 0.4) is 0 Å². The lowest BCUT2D eigenvalue weighted by Gasteiger charge is -2.15. The number of hydrogen-bond acceptors (Lipinski definition) is 2. The van der Waals surface area contributed by atoms with Crippen molar-refractivity contribution < 1.29 is 14.4 Å². The van der Waals surface area contributed by atoms with Gasteiger partial charge in [-0.05, 0) is 24.4 Å². The maximum atomic E-state index is 10.7. The molecular formula is C10H16NO3P. The van der Waals surface area contributed by atoms with Crippen LogP contribution in [0, 0.1) is 0 Å². The number of rotatable bonds is 5. The van der Waals surface area contributed by atoms with Gasteiger partial charge in [0.05, 0.1) is 6.16 Å². The fourth-order valence-corrected chi connectivity index (χ4v) is 2.12. The van der Waals surface area contributed by atoms with Gasteiger partial charge >= 0.3 is 7.60 Å². The molecule has 1 aromatic rings. The van der Waals surface area contributed by atoms with Gasteiger partial charge in [-0.2, -0.15) is 0 Å². The molecule has 0 radical (unpaired) electrons. The zero-order valence-electron chi connectivity index (χ0n) is 8.41. The third-order valence-electron chi connectivity index (χ3n) is 2.32. The summed E-state index contributed by atoms with van der Waals surface area (Å²) >= 11 is 0. The summed E-state index contributed by atoms with van der Waals surface area (Å²) in [6.45, 7) is 0.407. The van der Waals surface area contributed by atoms with Crippen LogP contribution in [0.15, 0.2) is 30.3 Å². The molecule has 0 heterocycles. The molecule has 0 aromatic heterocycles. The summed E-state index contributed by atoms with van der Waals surface area (Å²) in [5.74, 6) is 0.0267. The van der Waals surface area contributed by atoms with Gasteiger partial charge in [0.2, 0.25) is 0 Å². The first-order valence-electron chi connectivity index (χ1n) is 4.82. The second-order valence-electron chi connectivity index (χ2n) is 3.52. The van der Waals surface area contributed by atoms with Crippen molar-refractivity contribution in [1.29, 1.82) is 0 Å². The summed E-state index contributed by atoms with van der Waals surface area (Å²) in [5, 5.41) is 0. The average Bonchev–Trinajstić information content (AvgIpc) is 2.19. The van der Waals surface area contributed by atoms with Gasteiger partial charge in [-0.3, -0.25) is 4.57 Å². The Morgan fingerprint density at radius 1 is 1.27 bits per heavy atom. The lowest BCUT2D eigenvalue weighted by molar-refractivity contribution is 0.369. The molecule has 5 heteroatoms. The predicted molar refractivity (Wildman–Crippen MR) is 59.8 cm³/mol. The highest BCUT2D eigenvalue weighted by atomic mass is 31.2. The molecule has 0 spiro atoms. The molecule has 0 fully saturated rings. The van der Waals surface area contributed by atoms with Crippen molar-refractivity contribution in [3.05, 3.63) is 35.9 Å². The maximum Gasteiger partial charge on any atom is 0.325 e. The Morgan fingerprint density at radius 2 is 1.87 bits per heavy atom. The molecule has 1 aromatic carbocycles. The molecule has 1 unspecified atom stereocenters. The van der Waals surface area contributed by atoms with Gasteiger partial charge in [-0.15, -0.1) is 0 Å². The summed E-state index contributed by atoms with van der Waals surface area (Å²) in [6, 6.07) is 9.55. The normalized spacial score (nSPS) is 13.8. The van der Waals surface area contributed by atoms with E-state index in [0.29, 0.717) is 13.0 Å². The molecule has 0 aliphatic heterocycles. The monoisotopic (exact) mass is 229 g/mol. The summed E-state index contributed by atoms with van der Waals surface area (Å²) in [6.07, 6.45) is 0.314. The van der Waals surface area contributed by atoms with Crippen molar-refractivity contribution in [3.63, 3.8) is 0 Å². The number of benzene rings is 1. The van der Waals surface area contributed by atoms with E-state index in [2.05, 4.69) is 0 Å². The largest absolute Gasteiger partial charge is 0.330 e. The number of nitrogens with two attached hydrogens (primary N) is 1. The second-order valence-corrected chi connectivity index (χ2v) is 5.30. The van der Waals surface area contributed by atoms with Crippen LogP contribution in [0.2, 0.25) is 0 Å². The fourth-order valence-electron chi connectivity index (χ4n) is 1.47. The smallest absolute Gasteiger partial charge is 0.325 e. The summed E-state index contributed by atoms with van der Waals surface area (Å²) in [5.41, 5.74) is 6.62. The van der Waals surface area contributed by atoms with Gasteiger partial charge in [-0.25, -0.2) is 0 Å². The van der Waals surface area contributed by atoms with E-state index in [1.807, 2.05) is 30.3 Å². The minimum absolute atomic E-state index is 0.0267. The topological polar surface area (TPSA) is 83.6 Å². The highest BCUT2D eigenvalue weighted by Gasteiger charge is 2.17. The standard InChI is InChI=1S/C10H16NO3P/c11-8-10(6-7-15(12,13)14)9-4-2-1-3-5-9/h1-5,10H,6-8,11H2,(H2,12,13,14). The van der Waals surface area contributed by atoms with Crippen LogP contribution in [0.1, 0.15) is 17.9 Å². The van der Waals surface area contributed by atoms with Gasteiger partial charge < -0.3 is 15.5 Å². The third-order valence-corrected chi connectivity index (χ3v) is 3.17. The molecule has 0 aliphatic rings. The third kappa shape index (κ3) is 4.58. The van der Waals surface area contributed by atoms with E-state index >= 15 is 0 Å². The Bertz CT molecular complexity index is 336. The van der Waals surface area contributed by atoms with E-state index in [9.17, 15) is 4.57 Å². The van der Waals surface area contributed by atoms with E-state index < -0.39 is 7.60 Å². The molecule has 4 N–H and O–H groups in total. The molecule has 84 valence electrons. The zero-order chi connectivity index (χ0) is 11.3. The van der Waals surface area contributed by atoms with Crippen LogP contribution in [0.4, 0.5) is 0 Å². The molecule has 15 heavy (non-hydrogen) atoms. The van der Waals surface area contributed by atoms with E-state index in [0.717, 1.165) is 5.56 Å². The molecule has 0 amide bonds. The van der Waals surface area contributed by atoms with Crippen LogP contribution in [-0.4, -0.2) is 22.5 Å². The highest BCUT2D eigenvalue weighted by molar-refractivity contribution is 7.51.